The summed E-state index contributed by atoms with van der Waals surface area (Å²) in [6, 6.07) is 9.06. The number of para-hydroxylation sites is 1. The summed E-state index contributed by atoms with van der Waals surface area (Å²) in [4.78, 5) is 1.52. The van der Waals surface area contributed by atoms with Crippen LogP contribution in [0.4, 0.5) is 11.4 Å². The number of rotatable bonds is 0. The summed E-state index contributed by atoms with van der Waals surface area (Å²) in [5, 5.41) is 13.0. The summed E-state index contributed by atoms with van der Waals surface area (Å²) in [6.07, 6.45) is 0. The van der Waals surface area contributed by atoms with Crippen LogP contribution in [0.2, 0.25) is 0 Å². The average Bonchev–Trinajstić information content (AvgIpc) is 2.36. The van der Waals surface area contributed by atoms with Crippen LogP contribution in [0, 0.1) is 13.8 Å². The molecule has 0 fully saturated rings. The van der Waals surface area contributed by atoms with Gasteiger partial charge in [0.25, 0.3) is 0 Å². The largest absolute Gasteiger partial charge is 0.508 e. The number of anilines is 2. The minimum atomic E-state index is -1.19. The molecule has 0 radical (unpaired) electrons. The van der Waals surface area contributed by atoms with Crippen LogP contribution in [0.3, 0.4) is 0 Å². The number of phenols is 1. The van der Waals surface area contributed by atoms with Crippen molar-refractivity contribution in [3.63, 3.8) is 0 Å². The van der Waals surface area contributed by atoms with E-state index in [1.54, 1.807) is 12.1 Å². The molecule has 2 aromatic rings. The maximum Gasteiger partial charge on any atom is 0.120 e. The van der Waals surface area contributed by atoms with Gasteiger partial charge in [-0.1, -0.05) is 12.1 Å². The molecule has 0 aromatic heterocycles. The molecule has 0 aliphatic carbocycles. The molecule has 3 nitrogen and oxygen atoms in total. The third kappa shape index (κ3) is 1.46. The Balaban J connectivity index is 2.29. The Labute approximate surface area is 108 Å². The van der Waals surface area contributed by atoms with Gasteiger partial charge in [0, 0.05) is 5.56 Å². The van der Waals surface area contributed by atoms with Crippen LogP contribution in [-0.2, 0) is 10.8 Å². The van der Waals surface area contributed by atoms with Gasteiger partial charge in [0.05, 0.1) is 32.0 Å². The molecule has 1 atom stereocenters. The average molecular weight is 259 g/mol. The van der Waals surface area contributed by atoms with Gasteiger partial charge in [-0.3, -0.25) is 0 Å². The predicted molar refractivity (Wildman–Crippen MR) is 72.0 cm³/mol. The van der Waals surface area contributed by atoms with Crippen molar-refractivity contribution in [3.05, 3.63) is 41.5 Å². The highest BCUT2D eigenvalue weighted by atomic mass is 32.2. The molecule has 0 saturated carbocycles. The second-order valence-corrected chi connectivity index (χ2v) is 5.84. The Bertz CT molecular complexity index is 680. The second kappa shape index (κ2) is 3.85. The number of fused-ring (bicyclic) bond motifs is 2. The Morgan fingerprint density at radius 2 is 1.78 bits per heavy atom. The van der Waals surface area contributed by atoms with E-state index < -0.39 is 10.8 Å². The van der Waals surface area contributed by atoms with Gasteiger partial charge in [-0.15, -0.1) is 0 Å². The second-order valence-electron chi connectivity index (χ2n) is 4.42. The van der Waals surface area contributed by atoms with Crippen molar-refractivity contribution < 1.29 is 9.32 Å². The zero-order valence-corrected chi connectivity index (χ0v) is 11.0. The number of hydrogen-bond acceptors (Lipinski definition) is 3. The van der Waals surface area contributed by atoms with Gasteiger partial charge in [-0.25, -0.2) is 4.21 Å². The predicted octanol–water partition coefficient (Wildman–Crippen LogP) is 3.23. The first-order valence-electron chi connectivity index (χ1n) is 5.70. The normalized spacial score (nSPS) is 16.7. The van der Waals surface area contributed by atoms with Crippen molar-refractivity contribution in [3.8, 4) is 5.75 Å². The smallest absolute Gasteiger partial charge is 0.120 e. The van der Waals surface area contributed by atoms with E-state index in [0.717, 1.165) is 32.3 Å². The van der Waals surface area contributed by atoms with E-state index in [4.69, 9.17) is 0 Å². The zero-order chi connectivity index (χ0) is 12.9. The van der Waals surface area contributed by atoms with Gasteiger partial charge in [0.15, 0.2) is 0 Å². The first-order chi connectivity index (χ1) is 8.59. The highest BCUT2D eigenvalue weighted by Gasteiger charge is 2.25. The molecule has 2 N–H and O–H groups in total. The first kappa shape index (κ1) is 11.3. The first-order valence-corrected chi connectivity index (χ1v) is 6.85. The fourth-order valence-corrected chi connectivity index (χ4v) is 3.60. The monoisotopic (exact) mass is 259 g/mol. The summed E-state index contributed by atoms with van der Waals surface area (Å²) in [7, 11) is -1.19. The van der Waals surface area contributed by atoms with E-state index in [-0.39, 0.29) is 5.75 Å². The molecular weight excluding hydrogens is 246 g/mol. The quantitative estimate of drug-likeness (QED) is 0.651. The molecule has 0 saturated heterocycles. The van der Waals surface area contributed by atoms with Crippen molar-refractivity contribution in [2.24, 2.45) is 0 Å². The third-order valence-corrected chi connectivity index (χ3v) is 4.76. The lowest BCUT2D eigenvalue weighted by Crippen LogP contribution is -2.11. The zero-order valence-electron chi connectivity index (χ0n) is 10.2. The summed E-state index contributed by atoms with van der Waals surface area (Å²) in [5.41, 5.74) is 3.43. The number of nitrogens with one attached hydrogen (secondary N) is 1. The molecule has 1 aliphatic rings. The Hall–Kier alpha value is -1.81. The summed E-state index contributed by atoms with van der Waals surface area (Å²) < 4.78 is 12.5. The molecule has 0 spiro atoms. The molecule has 1 heterocycles. The molecule has 0 amide bonds. The summed E-state index contributed by atoms with van der Waals surface area (Å²) in [5.74, 6) is 0.218. The lowest BCUT2D eigenvalue weighted by molar-refractivity contribution is 0.471. The lowest BCUT2D eigenvalue weighted by Gasteiger charge is -2.24. The number of aromatic hydroxyl groups is 1. The van der Waals surface area contributed by atoms with Crippen molar-refractivity contribution in [1.29, 1.82) is 0 Å². The number of hydrogen-bond donors (Lipinski definition) is 2. The third-order valence-electron chi connectivity index (χ3n) is 3.28. The fraction of sp³-hybridized carbons (Fsp3) is 0.143. The summed E-state index contributed by atoms with van der Waals surface area (Å²) >= 11 is 0. The van der Waals surface area contributed by atoms with Crippen molar-refractivity contribution in [2.45, 2.75) is 23.6 Å². The minimum Gasteiger partial charge on any atom is -0.508 e. The maximum absolute atomic E-state index is 12.5. The van der Waals surface area contributed by atoms with Gasteiger partial charge in [0.2, 0.25) is 0 Å². The van der Waals surface area contributed by atoms with Gasteiger partial charge in [0.1, 0.15) is 5.75 Å². The lowest BCUT2D eigenvalue weighted by atomic mass is 10.1. The molecule has 92 valence electrons. The maximum atomic E-state index is 12.5. The van der Waals surface area contributed by atoms with E-state index in [2.05, 4.69) is 5.32 Å². The minimum absolute atomic E-state index is 0.218. The van der Waals surface area contributed by atoms with Crippen LogP contribution in [0.25, 0.3) is 0 Å². The fourth-order valence-electron chi connectivity index (χ4n) is 2.18. The highest BCUT2D eigenvalue weighted by Crippen LogP contribution is 2.42. The van der Waals surface area contributed by atoms with E-state index in [1.807, 2.05) is 32.0 Å². The molecule has 2 aromatic carbocycles. The van der Waals surface area contributed by atoms with Gasteiger partial charge in [-0.05, 0) is 37.6 Å². The molecule has 1 unspecified atom stereocenters. The molecule has 18 heavy (non-hydrogen) atoms. The van der Waals surface area contributed by atoms with Gasteiger partial charge >= 0.3 is 0 Å². The Kier molecular flexibility index (Phi) is 2.41. The molecule has 3 rings (SSSR count). The molecule has 1 aliphatic heterocycles. The van der Waals surface area contributed by atoms with E-state index in [1.165, 1.54) is 0 Å². The van der Waals surface area contributed by atoms with Crippen LogP contribution in [0.5, 0.6) is 5.75 Å². The summed E-state index contributed by atoms with van der Waals surface area (Å²) in [6.45, 7) is 3.80. The number of aryl methyl sites for hydroxylation is 1. The van der Waals surface area contributed by atoms with E-state index >= 15 is 0 Å². The van der Waals surface area contributed by atoms with Crippen molar-refractivity contribution in [1.82, 2.24) is 0 Å². The Morgan fingerprint density at radius 1 is 1.06 bits per heavy atom. The molecular formula is C14H13NO2S. The van der Waals surface area contributed by atoms with Crippen LogP contribution < -0.4 is 5.32 Å². The number of benzene rings is 2. The number of phenolic OH excluding ortho intramolecular Hbond substituents is 1. The van der Waals surface area contributed by atoms with E-state index in [0.29, 0.717) is 0 Å². The van der Waals surface area contributed by atoms with Gasteiger partial charge < -0.3 is 10.4 Å². The van der Waals surface area contributed by atoms with E-state index in [9.17, 15) is 9.32 Å². The SMILES string of the molecule is Cc1cccc2c1Nc1c(ccc(O)c1C)S2=O. The highest BCUT2D eigenvalue weighted by molar-refractivity contribution is 7.85. The van der Waals surface area contributed by atoms with Crippen molar-refractivity contribution in [2.75, 3.05) is 5.32 Å². The van der Waals surface area contributed by atoms with Crippen LogP contribution >= 0.6 is 0 Å². The van der Waals surface area contributed by atoms with Crippen LogP contribution in [0.15, 0.2) is 40.1 Å². The Morgan fingerprint density at radius 3 is 2.56 bits per heavy atom. The van der Waals surface area contributed by atoms with Gasteiger partial charge in [-0.2, -0.15) is 0 Å². The van der Waals surface area contributed by atoms with Crippen LogP contribution in [-0.4, -0.2) is 9.32 Å². The van der Waals surface area contributed by atoms with Crippen LogP contribution in [0.1, 0.15) is 11.1 Å². The molecule has 4 heteroatoms. The standard InChI is InChI=1S/C14H13NO2S/c1-8-4-3-5-11-13(8)15-14-9(2)10(16)6-7-12(14)18(11)17/h3-7,15-16H,1-2H3. The molecule has 0 bridgehead atoms. The topological polar surface area (TPSA) is 49.3 Å². The van der Waals surface area contributed by atoms with Crippen molar-refractivity contribution >= 4 is 22.2 Å².